The summed E-state index contributed by atoms with van der Waals surface area (Å²) >= 11 is 0. The topological polar surface area (TPSA) is 108 Å². The van der Waals surface area contributed by atoms with E-state index in [1.165, 1.54) is 25.3 Å². The van der Waals surface area contributed by atoms with Crippen LogP contribution in [-0.2, 0) is 9.53 Å². The third-order valence-corrected chi connectivity index (χ3v) is 2.48. The molecule has 2 rings (SSSR count). The Bertz CT molecular complexity index is 636. The minimum absolute atomic E-state index is 0.0756. The maximum Gasteiger partial charge on any atom is 0.328 e. The Kier molecular flexibility index (Phi) is 3.32. The third kappa shape index (κ3) is 2.62. The van der Waals surface area contributed by atoms with E-state index >= 15 is 0 Å². The summed E-state index contributed by atoms with van der Waals surface area (Å²) in [4.78, 5) is 25.4. The van der Waals surface area contributed by atoms with Crippen molar-refractivity contribution in [3.63, 3.8) is 0 Å². The molecule has 0 radical (unpaired) electrons. The molecule has 1 N–H and O–H groups in total. The van der Waals surface area contributed by atoms with Crippen molar-refractivity contribution in [3.8, 4) is 0 Å². The number of ether oxygens (including phenoxy) is 1. The molecule has 0 bridgehead atoms. The lowest BCUT2D eigenvalue weighted by atomic mass is 10.3. The molecule has 0 aliphatic heterocycles. The first-order valence-electron chi connectivity index (χ1n) is 5.40. The van der Waals surface area contributed by atoms with Gasteiger partial charge in [0.1, 0.15) is 11.6 Å². The van der Waals surface area contributed by atoms with Crippen molar-refractivity contribution in [2.75, 3.05) is 12.4 Å². The number of nitro benzene ring substituents is 1. The number of hydrogen-bond donors (Lipinski definition) is 1. The average Bonchev–Trinajstić information content (AvgIpc) is 2.78. The Hall–Kier alpha value is -2.64. The molecule has 8 heteroatoms. The molecule has 100 valence electrons. The van der Waals surface area contributed by atoms with Crippen LogP contribution in [0.1, 0.15) is 6.92 Å². The van der Waals surface area contributed by atoms with E-state index in [9.17, 15) is 14.9 Å². The van der Waals surface area contributed by atoms with Crippen molar-refractivity contribution in [1.29, 1.82) is 0 Å². The van der Waals surface area contributed by atoms with E-state index in [0.717, 1.165) is 0 Å². The minimum Gasteiger partial charge on any atom is -0.467 e. The first kappa shape index (κ1) is 12.8. The SMILES string of the molecule is COC(=O)C(C)Nc1nc2cc([N+](=O)[O-])ccc2o1. The van der Waals surface area contributed by atoms with Crippen LogP contribution in [-0.4, -0.2) is 29.0 Å². The van der Waals surface area contributed by atoms with E-state index in [0.29, 0.717) is 11.1 Å². The number of esters is 1. The number of rotatable bonds is 4. The van der Waals surface area contributed by atoms with Crippen molar-refractivity contribution >= 4 is 28.8 Å². The van der Waals surface area contributed by atoms with Gasteiger partial charge in [-0.2, -0.15) is 4.98 Å². The lowest BCUT2D eigenvalue weighted by Gasteiger charge is -2.08. The molecule has 1 aromatic carbocycles. The fraction of sp³-hybridized carbons (Fsp3) is 0.273. The van der Waals surface area contributed by atoms with Crippen LogP contribution in [0.4, 0.5) is 11.7 Å². The number of hydrogen-bond acceptors (Lipinski definition) is 7. The molecule has 8 nitrogen and oxygen atoms in total. The number of carbonyl (C=O) groups is 1. The normalized spacial score (nSPS) is 12.1. The number of aromatic nitrogens is 1. The van der Waals surface area contributed by atoms with Crippen LogP contribution >= 0.6 is 0 Å². The fourth-order valence-electron chi connectivity index (χ4n) is 1.51. The maximum absolute atomic E-state index is 11.2. The highest BCUT2D eigenvalue weighted by atomic mass is 16.6. The number of methoxy groups -OCH3 is 1. The zero-order chi connectivity index (χ0) is 14.0. The van der Waals surface area contributed by atoms with Gasteiger partial charge in [-0.15, -0.1) is 0 Å². The van der Waals surface area contributed by atoms with Crippen LogP contribution < -0.4 is 5.32 Å². The Labute approximate surface area is 107 Å². The third-order valence-electron chi connectivity index (χ3n) is 2.48. The molecule has 0 saturated heterocycles. The van der Waals surface area contributed by atoms with Crippen molar-refractivity contribution < 1.29 is 18.9 Å². The van der Waals surface area contributed by atoms with E-state index < -0.39 is 16.9 Å². The van der Waals surface area contributed by atoms with Crippen molar-refractivity contribution in [1.82, 2.24) is 4.98 Å². The Balaban J connectivity index is 2.26. The first-order chi connectivity index (χ1) is 9.01. The molecule has 1 atom stereocenters. The second kappa shape index (κ2) is 4.92. The number of carbonyl (C=O) groups excluding carboxylic acids is 1. The quantitative estimate of drug-likeness (QED) is 0.509. The van der Waals surface area contributed by atoms with E-state index in [1.54, 1.807) is 6.92 Å². The van der Waals surface area contributed by atoms with E-state index in [2.05, 4.69) is 15.0 Å². The molecule has 19 heavy (non-hydrogen) atoms. The summed E-state index contributed by atoms with van der Waals surface area (Å²) < 4.78 is 9.86. The molecule has 2 aromatic rings. The largest absolute Gasteiger partial charge is 0.467 e. The van der Waals surface area contributed by atoms with Crippen molar-refractivity contribution in [2.24, 2.45) is 0 Å². The number of fused-ring (bicyclic) bond motifs is 1. The van der Waals surface area contributed by atoms with Gasteiger partial charge in [0.25, 0.3) is 11.7 Å². The monoisotopic (exact) mass is 265 g/mol. The van der Waals surface area contributed by atoms with Gasteiger partial charge in [-0.3, -0.25) is 10.1 Å². The Morgan fingerprint density at radius 2 is 2.32 bits per heavy atom. The van der Waals surface area contributed by atoms with Gasteiger partial charge in [-0.25, -0.2) is 4.79 Å². The molecule has 0 spiro atoms. The van der Waals surface area contributed by atoms with Gasteiger partial charge in [0.2, 0.25) is 0 Å². The summed E-state index contributed by atoms with van der Waals surface area (Å²) in [6, 6.07) is 3.55. The summed E-state index contributed by atoms with van der Waals surface area (Å²) in [5, 5.41) is 13.3. The number of anilines is 1. The molecule has 0 fully saturated rings. The van der Waals surface area contributed by atoms with Crippen molar-refractivity contribution in [3.05, 3.63) is 28.3 Å². The van der Waals surface area contributed by atoms with Gasteiger partial charge in [-0.1, -0.05) is 0 Å². The van der Waals surface area contributed by atoms with Gasteiger partial charge in [-0.05, 0) is 13.0 Å². The fourth-order valence-corrected chi connectivity index (χ4v) is 1.51. The molecule has 0 aliphatic rings. The summed E-state index contributed by atoms with van der Waals surface area (Å²) in [6.45, 7) is 1.59. The maximum atomic E-state index is 11.2. The average molecular weight is 265 g/mol. The minimum atomic E-state index is -0.631. The van der Waals surface area contributed by atoms with Gasteiger partial charge in [0.15, 0.2) is 5.58 Å². The summed E-state index contributed by atoms with van der Waals surface area (Å²) in [7, 11) is 1.27. The number of nitro groups is 1. The highest BCUT2D eigenvalue weighted by Gasteiger charge is 2.17. The lowest BCUT2D eigenvalue weighted by molar-refractivity contribution is -0.384. The van der Waals surface area contributed by atoms with Gasteiger partial charge < -0.3 is 14.5 Å². The highest BCUT2D eigenvalue weighted by molar-refractivity contribution is 5.80. The van der Waals surface area contributed by atoms with Crippen LogP contribution in [0.5, 0.6) is 0 Å². The Morgan fingerprint density at radius 1 is 1.58 bits per heavy atom. The van der Waals surface area contributed by atoms with Crippen LogP contribution in [0.25, 0.3) is 11.1 Å². The second-order valence-electron chi connectivity index (χ2n) is 3.82. The zero-order valence-electron chi connectivity index (χ0n) is 10.2. The van der Waals surface area contributed by atoms with Gasteiger partial charge in [0.05, 0.1) is 12.0 Å². The standard InChI is InChI=1S/C11H11N3O5/c1-6(10(15)18-2)12-11-13-8-5-7(14(16)17)3-4-9(8)19-11/h3-6H,1-2H3,(H,12,13). The second-order valence-corrected chi connectivity index (χ2v) is 3.82. The first-order valence-corrected chi connectivity index (χ1v) is 5.40. The number of nitrogens with one attached hydrogen (secondary N) is 1. The van der Waals surface area contributed by atoms with Crippen LogP contribution in [0.2, 0.25) is 0 Å². The molecule has 0 aliphatic carbocycles. The molecule has 1 aromatic heterocycles. The lowest BCUT2D eigenvalue weighted by Crippen LogP contribution is -2.27. The molecule has 1 heterocycles. The Morgan fingerprint density at radius 3 is 2.95 bits per heavy atom. The number of nitrogens with zero attached hydrogens (tertiary/aromatic N) is 2. The predicted molar refractivity (Wildman–Crippen MR) is 65.8 cm³/mol. The number of non-ortho nitro benzene ring substituents is 1. The molecule has 1 unspecified atom stereocenters. The molecular formula is C11H11N3O5. The van der Waals surface area contributed by atoms with Crippen LogP contribution in [0.3, 0.4) is 0 Å². The predicted octanol–water partition coefficient (Wildman–Crippen LogP) is 1.71. The summed E-state index contributed by atoms with van der Waals surface area (Å²) in [5.74, 6) is -0.465. The van der Waals surface area contributed by atoms with E-state index in [1.807, 2.05) is 0 Å². The van der Waals surface area contributed by atoms with Gasteiger partial charge >= 0.3 is 5.97 Å². The summed E-state index contributed by atoms with van der Waals surface area (Å²) in [6.07, 6.45) is 0. The highest BCUT2D eigenvalue weighted by Crippen LogP contribution is 2.23. The molecular weight excluding hydrogens is 254 g/mol. The van der Waals surface area contributed by atoms with Gasteiger partial charge in [0, 0.05) is 12.1 Å². The smallest absolute Gasteiger partial charge is 0.328 e. The summed E-state index contributed by atoms with van der Waals surface area (Å²) in [5.41, 5.74) is 0.660. The number of oxazole rings is 1. The van der Waals surface area contributed by atoms with Crippen molar-refractivity contribution in [2.45, 2.75) is 13.0 Å². The van der Waals surface area contributed by atoms with Crippen LogP contribution in [0, 0.1) is 10.1 Å². The number of benzene rings is 1. The van der Waals surface area contributed by atoms with Crippen LogP contribution in [0.15, 0.2) is 22.6 Å². The van der Waals surface area contributed by atoms with E-state index in [4.69, 9.17) is 4.42 Å². The molecule has 0 amide bonds. The molecule has 0 saturated carbocycles. The zero-order valence-corrected chi connectivity index (χ0v) is 10.2. The van der Waals surface area contributed by atoms with E-state index in [-0.39, 0.29) is 11.7 Å².